The highest BCUT2D eigenvalue weighted by atomic mass is 35.5. The van der Waals surface area contributed by atoms with E-state index in [0.717, 1.165) is 7.05 Å². The van der Waals surface area contributed by atoms with E-state index in [4.69, 9.17) is 32.7 Å². The zero-order valence-electron chi connectivity index (χ0n) is 13.3. The van der Waals surface area contributed by atoms with Crippen molar-refractivity contribution in [2.75, 3.05) is 0 Å². The number of carbonyl (C=O) groups excluding carboxylic acids is 1. The quantitative estimate of drug-likeness (QED) is 0.563. The van der Waals surface area contributed by atoms with Gasteiger partial charge in [0.2, 0.25) is 11.5 Å². The molecule has 0 aliphatic rings. The van der Waals surface area contributed by atoms with Gasteiger partial charge in [0.25, 0.3) is 0 Å². The average molecular weight is 397 g/mol. The Hall–Kier alpha value is -1.93. The predicted molar refractivity (Wildman–Crippen MR) is 85.0 cm³/mol. The zero-order valence-corrected chi connectivity index (χ0v) is 14.8. The summed E-state index contributed by atoms with van der Waals surface area (Å²) in [4.78, 5) is 12.3. The van der Waals surface area contributed by atoms with E-state index in [2.05, 4.69) is 5.10 Å². The van der Waals surface area contributed by atoms with Gasteiger partial charge >= 0.3 is 12.1 Å². The number of hydrogen-bond donors (Lipinski definition) is 0. The predicted octanol–water partition coefficient (Wildman–Crippen LogP) is 4.51. The second-order valence-electron chi connectivity index (χ2n) is 5.57. The molecule has 0 saturated heterocycles. The highest BCUT2D eigenvalue weighted by Crippen LogP contribution is 2.33. The van der Waals surface area contributed by atoms with Crippen LogP contribution in [0.15, 0.2) is 24.3 Å². The molecule has 0 fully saturated rings. The number of halogens is 5. The first-order valence-corrected chi connectivity index (χ1v) is 7.63. The molecule has 2 aromatic rings. The molecule has 25 heavy (non-hydrogen) atoms. The lowest BCUT2D eigenvalue weighted by Gasteiger charge is -2.22. The molecule has 0 aliphatic carbocycles. The van der Waals surface area contributed by atoms with Crippen molar-refractivity contribution in [2.24, 2.45) is 7.05 Å². The van der Waals surface area contributed by atoms with Crippen molar-refractivity contribution < 1.29 is 27.4 Å². The minimum absolute atomic E-state index is 0.0461. The van der Waals surface area contributed by atoms with Crippen molar-refractivity contribution in [3.05, 3.63) is 40.0 Å². The molecule has 136 valence electrons. The number of aryl methyl sites for hydroxylation is 1. The Morgan fingerprint density at radius 2 is 1.84 bits per heavy atom. The lowest BCUT2D eigenvalue weighted by atomic mass is 10.1. The molecule has 0 aliphatic heterocycles. The highest BCUT2D eigenvalue weighted by Gasteiger charge is 2.38. The van der Waals surface area contributed by atoms with E-state index < -0.39 is 23.4 Å². The Morgan fingerprint density at radius 3 is 2.36 bits per heavy atom. The van der Waals surface area contributed by atoms with Crippen LogP contribution in [0.2, 0.25) is 10.0 Å². The Morgan fingerprint density at radius 1 is 1.20 bits per heavy atom. The second-order valence-corrected chi connectivity index (χ2v) is 6.41. The fourth-order valence-corrected chi connectivity index (χ4v) is 2.29. The van der Waals surface area contributed by atoms with Gasteiger partial charge in [0.05, 0.1) is 5.02 Å². The highest BCUT2D eigenvalue weighted by molar-refractivity contribution is 6.35. The number of alkyl halides is 3. The third kappa shape index (κ3) is 4.58. The number of carbonyl (C=O) groups is 1. The molecule has 0 amide bonds. The molecule has 5 nitrogen and oxygen atoms in total. The van der Waals surface area contributed by atoms with Gasteiger partial charge in [-0.25, -0.2) is 4.79 Å². The maximum Gasteiger partial charge on any atom is 0.433 e. The number of nitrogens with zero attached hydrogens (tertiary/aromatic N) is 2. The monoisotopic (exact) mass is 396 g/mol. The van der Waals surface area contributed by atoms with Gasteiger partial charge in [-0.05, 0) is 32.0 Å². The van der Waals surface area contributed by atoms with Crippen LogP contribution in [-0.4, -0.2) is 21.4 Å². The summed E-state index contributed by atoms with van der Waals surface area (Å²) < 4.78 is 49.4. The zero-order chi connectivity index (χ0) is 19.0. The van der Waals surface area contributed by atoms with Crippen molar-refractivity contribution in [3.63, 3.8) is 0 Å². The lowest BCUT2D eigenvalue weighted by Crippen LogP contribution is -2.41. The van der Waals surface area contributed by atoms with Crippen molar-refractivity contribution in [1.29, 1.82) is 0 Å². The molecule has 0 spiro atoms. The van der Waals surface area contributed by atoms with Gasteiger partial charge < -0.3 is 9.47 Å². The van der Waals surface area contributed by atoms with E-state index in [1.54, 1.807) is 0 Å². The van der Waals surface area contributed by atoms with Crippen LogP contribution in [0.3, 0.4) is 0 Å². The first-order valence-electron chi connectivity index (χ1n) is 6.88. The Labute approximate surface area is 151 Å². The SMILES string of the molecule is Cn1nc(OC(C)(C)C(=O)Oc2ccc(Cl)cc2Cl)cc1C(F)(F)F. The van der Waals surface area contributed by atoms with E-state index in [1.807, 2.05) is 0 Å². The normalized spacial score (nSPS) is 12.2. The fourth-order valence-electron chi connectivity index (χ4n) is 1.84. The number of esters is 1. The smallest absolute Gasteiger partial charge is 0.433 e. The number of hydrogen-bond acceptors (Lipinski definition) is 4. The van der Waals surface area contributed by atoms with Gasteiger partial charge in [-0.3, -0.25) is 4.68 Å². The minimum atomic E-state index is -4.59. The molecule has 0 atom stereocenters. The van der Waals surface area contributed by atoms with Gasteiger partial charge in [-0.15, -0.1) is 5.10 Å². The van der Waals surface area contributed by atoms with Crippen LogP contribution in [0.1, 0.15) is 19.5 Å². The van der Waals surface area contributed by atoms with E-state index in [1.165, 1.54) is 32.0 Å². The van der Waals surface area contributed by atoms with Crippen LogP contribution in [0.4, 0.5) is 13.2 Å². The van der Waals surface area contributed by atoms with Gasteiger partial charge in [0.15, 0.2) is 0 Å². The molecule has 0 radical (unpaired) electrons. The third-order valence-electron chi connectivity index (χ3n) is 3.10. The summed E-state index contributed by atoms with van der Waals surface area (Å²) in [6.07, 6.45) is -4.59. The maximum atomic E-state index is 12.8. The second kappa shape index (κ2) is 6.76. The summed E-state index contributed by atoms with van der Waals surface area (Å²) in [7, 11) is 1.12. The summed E-state index contributed by atoms with van der Waals surface area (Å²) in [6.45, 7) is 2.67. The van der Waals surface area contributed by atoms with Crippen LogP contribution in [0.5, 0.6) is 11.6 Å². The van der Waals surface area contributed by atoms with Gasteiger partial charge in [-0.2, -0.15) is 13.2 Å². The molecule has 1 heterocycles. The van der Waals surface area contributed by atoms with Gasteiger partial charge in [0.1, 0.15) is 11.4 Å². The van der Waals surface area contributed by atoms with Crippen LogP contribution >= 0.6 is 23.2 Å². The van der Waals surface area contributed by atoms with Crippen molar-refractivity contribution in [3.8, 4) is 11.6 Å². The molecule has 2 rings (SSSR count). The van der Waals surface area contributed by atoms with Gasteiger partial charge in [-0.1, -0.05) is 23.2 Å². The fraction of sp³-hybridized carbons (Fsp3) is 0.333. The summed E-state index contributed by atoms with van der Waals surface area (Å²) in [6, 6.07) is 4.94. The van der Waals surface area contributed by atoms with E-state index >= 15 is 0 Å². The topological polar surface area (TPSA) is 53.4 Å². The van der Waals surface area contributed by atoms with E-state index in [0.29, 0.717) is 15.8 Å². The van der Waals surface area contributed by atoms with Crippen molar-refractivity contribution in [2.45, 2.75) is 25.6 Å². The first kappa shape index (κ1) is 19.4. The van der Waals surface area contributed by atoms with Crippen molar-refractivity contribution >= 4 is 29.2 Å². The van der Waals surface area contributed by atoms with E-state index in [-0.39, 0.29) is 16.7 Å². The Bertz CT molecular complexity index is 804. The standard InChI is InChI=1S/C15H13Cl2F3N2O3/c1-14(2,13(23)24-10-5-4-8(16)6-9(10)17)25-12-7-11(15(18,19)20)22(3)21-12/h4-7H,1-3H3. The van der Waals surface area contributed by atoms with Gasteiger partial charge in [0, 0.05) is 18.1 Å². The lowest BCUT2D eigenvalue weighted by molar-refractivity contribution is -0.149. The van der Waals surface area contributed by atoms with Crippen LogP contribution in [-0.2, 0) is 18.0 Å². The molecular formula is C15H13Cl2F3N2O3. The maximum absolute atomic E-state index is 12.8. The molecule has 0 bridgehead atoms. The Kier molecular flexibility index (Phi) is 5.24. The molecule has 1 aromatic heterocycles. The molecule has 0 N–H and O–H groups in total. The van der Waals surface area contributed by atoms with Crippen LogP contribution < -0.4 is 9.47 Å². The van der Waals surface area contributed by atoms with Crippen LogP contribution in [0, 0.1) is 0 Å². The largest absolute Gasteiger partial charge is 0.459 e. The minimum Gasteiger partial charge on any atom is -0.459 e. The van der Waals surface area contributed by atoms with E-state index in [9.17, 15) is 18.0 Å². The molecular weight excluding hydrogens is 384 g/mol. The summed E-state index contributed by atoms with van der Waals surface area (Å²) in [5.74, 6) is -1.18. The molecule has 10 heteroatoms. The molecule has 0 unspecified atom stereocenters. The number of aromatic nitrogens is 2. The molecule has 0 saturated carbocycles. The number of benzene rings is 1. The number of rotatable bonds is 4. The Balaban J connectivity index is 2.16. The number of ether oxygens (including phenoxy) is 2. The van der Waals surface area contributed by atoms with Crippen molar-refractivity contribution in [1.82, 2.24) is 9.78 Å². The first-order chi connectivity index (χ1) is 11.4. The summed E-state index contributed by atoms with van der Waals surface area (Å²) in [5, 5.41) is 4.06. The third-order valence-corrected chi connectivity index (χ3v) is 3.63. The summed E-state index contributed by atoms with van der Waals surface area (Å²) in [5.41, 5.74) is -2.62. The molecule has 1 aromatic carbocycles. The average Bonchev–Trinajstić information content (AvgIpc) is 2.81. The van der Waals surface area contributed by atoms with Crippen LogP contribution in [0.25, 0.3) is 0 Å². The summed E-state index contributed by atoms with van der Waals surface area (Å²) >= 11 is 11.7.